The van der Waals surface area contributed by atoms with Crippen LogP contribution in [0.1, 0.15) is 22.6 Å². The van der Waals surface area contributed by atoms with Crippen LogP contribution in [0.2, 0.25) is 0 Å². The Morgan fingerprint density at radius 2 is 1.76 bits per heavy atom. The van der Waals surface area contributed by atoms with Crippen molar-refractivity contribution in [2.24, 2.45) is 0 Å². The van der Waals surface area contributed by atoms with Crippen molar-refractivity contribution in [3.8, 4) is 17.0 Å². The number of benzene rings is 1. The number of H-pyrrole nitrogens is 1. The number of aromatic nitrogens is 3. The van der Waals surface area contributed by atoms with Gasteiger partial charge in [0, 0.05) is 37.8 Å². The molecule has 0 spiro atoms. The second kappa shape index (κ2) is 8.50. The maximum Gasteiger partial charge on any atom is 0.573 e. The molecule has 0 saturated heterocycles. The van der Waals surface area contributed by atoms with Gasteiger partial charge in [0.15, 0.2) is 0 Å². The summed E-state index contributed by atoms with van der Waals surface area (Å²) in [6, 6.07) is 8.79. The number of hydrogen-bond acceptors (Lipinski definition) is 5. The number of nitrogens with one attached hydrogen (secondary N) is 1. The van der Waals surface area contributed by atoms with Gasteiger partial charge in [-0.2, -0.15) is 13.2 Å². The monoisotopic (exact) mass is 470 g/mol. The number of hydrogen-bond donors (Lipinski definition) is 1. The molecule has 1 N–H and O–H groups in total. The highest BCUT2D eigenvalue weighted by molar-refractivity contribution is 5.60. The SMILES string of the molecule is O=c1[nH]c(C(F)(F)F)nc2c1CN(Cc1ccc(-c3ccc(OC(F)(F)F)cc3)nc1)CC2. The van der Waals surface area contributed by atoms with E-state index in [2.05, 4.69) is 14.7 Å². The molecule has 33 heavy (non-hydrogen) atoms. The van der Waals surface area contributed by atoms with Crippen LogP contribution in [-0.4, -0.2) is 32.8 Å². The number of nitrogens with zero attached hydrogens (tertiary/aromatic N) is 3. The lowest BCUT2D eigenvalue weighted by molar-refractivity contribution is -0.274. The second-order valence-electron chi connectivity index (χ2n) is 7.42. The lowest BCUT2D eigenvalue weighted by Crippen LogP contribution is -2.36. The molecule has 0 amide bonds. The summed E-state index contributed by atoms with van der Waals surface area (Å²) in [6.07, 6.45) is -7.68. The summed E-state index contributed by atoms with van der Waals surface area (Å²) >= 11 is 0. The summed E-state index contributed by atoms with van der Waals surface area (Å²) in [7, 11) is 0. The van der Waals surface area contributed by atoms with Gasteiger partial charge in [-0.3, -0.25) is 14.7 Å². The molecule has 1 aliphatic heterocycles. The highest BCUT2D eigenvalue weighted by atomic mass is 19.4. The molecule has 174 valence electrons. The second-order valence-corrected chi connectivity index (χ2v) is 7.42. The molecule has 6 nitrogen and oxygen atoms in total. The van der Waals surface area contributed by atoms with Gasteiger partial charge in [0.25, 0.3) is 5.56 Å². The van der Waals surface area contributed by atoms with E-state index in [0.29, 0.717) is 24.3 Å². The van der Waals surface area contributed by atoms with Crippen LogP contribution in [0.15, 0.2) is 47.4 Å². The number of ether oxygens (including phenoxy) is 1. The standard InChI is InChI=1S/C21H16F6N4O2/c22-20(23,24)19-29-17-7-8-31(11-15(17)18(32)30-19)10-12-1-6-16(28-9-12)13-2-4-14(5-3-13)33-21(25,26)27/h1-6,9H,7-8,10-11H2,(H,29,30,32). The van der Waals surface area contributed by atoms with Gasteiger partial charge in [-0.05, 0) is 35.9 Å². The molecule has 0 unspecified atom stereocenters. The number of aromatic amines is 1. The molecular weight excluding hydrogens is 454 g/mol. The Bertz CT molecular complexity index is 1190. The molecule has 3 heterocycles. The molecule has 0 bridgehead atoms. The van der Waals surface area contributed by atoms with Gasteiger partial charge < -0.3 is 9.72 Å². The highest BCUT2D eigenvalue weighted by Crippen LogP contribution is 2.28. The first-order chi connectivity index (χ1) is 15.5. The Morgan fingerprint density at radius 3 is 2.36 bits per heavy atom. The first kappa shape index (κ1) is 22.8. The Kier molecular flexibility index (Phi) is 5.87. The molecule has 0 fully saturated rings. The molecule has 0 radical (unpaired) electrons. The summed E-state index contributed by atoms with van der Waals surface area (Å²) < 4.78 is 79.2. The summed E-state index contributed by atoms with van der Waals surface area (Å²) in [4.78, 5) is 23.7. The van der Waals surface area contributed by atoms with E-state index in [1.807, 2.05) is 4.90 Å². The van der Waals surface area contributed by atoms with Gasteiger partial charge in [-0.25, -0.2) is 4.98 Å². The number of fused-ring (bicyclic) bond motifs is 1. The van der Waals surface area contributed by atoms with Gasteiger partial charge in [0.2, 0.25) is 5.82 Å². The third-order valence-electron chi connectivity index (χ3n) is 5.03. The molecule has 3 aromatic rings. The molecule has 4 rings (SSSR count). The van der Waals surface area contributed by atoms with Crippen LogP contribution in [0.25, 0.3) is 11.3 Å². The molecular formula is C21H16F6N4O2. The van der Waals surface area contributed by atoms with Crippen molar-refractivity contribution in [3.05, 3.63) is 75.6 Å². The molecule has 12 heteroatoms. The van der Waals surface area contributed by atoms with E-state index in [4.69, 9.17) is 0 Å². The number of pyridine rings is 1. The fourth-order valence-corrected chi connectivity index (χ4v) is 3.52. The van der Waals surface area contributed by atoms with E-state index in [1.54, 1.807) is 23.3 Å². The molecule has 1 aliphatic rings. The maximum atomic E-state index is 12.8. The normalized spacial score (nSPS) is 14.7. The smallest absolute Gasteiger partial charge is 0.406 e. The Morgan fingerprint density at radius 1 is 1.03 bits per heavy atom. The first-order valence-electron chi connectivity index (χ1n) is 9.71. The quantitative estimate of drug-likeness (QED) is 0.576. The fourth-order valence-electron chi connectivity index (χ4n) is 3.52. The van der Waals surface area contributed by atoms with E-state index < -0.39 is 23.9 Å². The number of halogens is 6. The molecule has 0 saturated carbocycles. The molecule has 0 aliphatic carbocycles. The topological polar surface area (TPSA) is 71.1 Å². The number of alkyl halides is 6. The zero-order chi connectivity index (χ0) is 23.8. The summed E-state index contributed by atoms with van der Waals surface area (Å²) in [5.74, 6) is -1.63. The largest absolute Gasteiger partial charge is 0.573 e. The van der Waals surface area contributed by atoms with E-state index in [-0.39, 0.29) is 30.0 Å². The summed E-state index contributed by atoms with van der Waals surface area (Å²) in [5, 5.41) is 0. The molecule has 2 aromatic heterocycles. The predicted molar refractivity (Wildman–Crippen MR) is 104 cm³/mol. The maximum absolute atomic E-state index is 12.8. The Balaban J connectivity index is 1.43. The third kappa shape index (κ3) is 5.51. The Labute approximate surface area is 182 Å². The Hall–Kier alpha value is -3.41. The van der Waals surface area contributed by atoms with Crippen molar-refractivity contribution in [3.63, 3.8) is 0 Å². The third-order valence-corrected chi connectivity index (χ3v) is 5.03. The zero-order valence-electron chi connectivity index (χ0n) is 16.8. The van der Waals surface area contributed by atoms with Gasteiger partial charge in [-0.1, -0.05) is 6.07 Å². The first-order valence-corrected chi connectivity index (χ1v) is 9.71. The lowest BCUT2D eigenvalue weighted by atomic mass is 10.1. The van der Waals surface area contributed by atoms with Crippen molar-refractivity contribution >= 4 is 0 Å². The number of rotatable bonds is 4. The lowest BCUT2D eigenvalue weighted by Gasteiger charge is -2.27. The van der Waals surface area contributed by atoms with Gasteiger partial charge in [0.05, 0.1) is 17.0 Å². The minimum absolute atomic E-state index is 0.147. The van der Waals surface area contributed by atoms with Crippen molar-refractivity contribution < 1.29 is 31.1 Å². The van der Waals surface area contributed by atoms with E-state index >= 15 is 0 Å². The van der Waals surface area contributed by atoms with Crippen LogP contribution in [-0.2, 0) is 25.7 Å². The van der Waals surface area contributed by atoms with Crippen molar-refractivity contribution in [2.75, 3.05) is 6.54 Å². The van der Waals surface area contributed by atoms with Crippen molar-refractivity contribution in [2.45, 2.75) is 32.0 Å². The highest BCUT2D eigenvalue weighted by Gasteiger charge is 2.36. The van der Waals surface area contributed by atoms with Gasteiger partial charge in [-0.15, -0.1) is 13.2 Å². The predicted octanol–water partition coefficient (Wildman–Crippen LogP) is 4.31. The van der Waals surface area contributed by atoms with E-state index in [9.17, 15) is 31.1 Å². The van der Waals surface area contributed by atoms with Crippen molar-refractivity contribution in [1.82, 2.24) is 19.9 Å². The van der Waals surface area contributed by atoms with Gasteiger partial charge >= 0.3 is 12.5 Å². The van der Waals surface area contributed by atoms with Crippen LogP contribution in [0.5, 0.6) is 5.75 Å². The minimum atomic E-state index is -4.77. The van der Waals surface area contributed by atoms with Crippen LogP contribution >= 0.6 is 0 Å². The summed E-state index contributed by atoms with van der Waals surface area (Å²) in [6.45, 7) is 0.979. The van der Waals surface area contributed by atoms with Crippen LogP contribution < -0.4 is 10.3 Å². The average molecular weight is 470 g/mol. The zero-order valence-corrected chi connectivity index (χ0v) is 16.8. The fraction of sp³-hybridized carbons (Fsp3) is 0.286. The van der Waals surface area contributed by atoms with Gasteiger partial charge in [0.1, 0.15) is 5.75 Å². The average Bonchev–Trinajstić information content (AvgIpc) is 2.73. The molecule has 0 atom stereocenters. The van der Waals surface area contributed by atoms with E-state index in [0.717, 1.165) is 5.56 Å². The van der Waals surface area contributed by atoms with Crippen LogP contribution in [0.4, 0.5) is 26.3 Å². The van der Waals surface area contributed by atoms with Crippen molar-refractivity contribution in [1.29, 1.82) is 0 Å². The molecule has 1 aromatic carbocycles. The van der Waals surface area contributed by atoms with Crippen LogP contribution in [0.3, 0.4) is 0 Å². The van der Waals surface area contributed by atoms with E-state index in [1.165, 1.54) is 24.3 Å². The minimum Gasteiger partial charge on any atom is -0.406 e. The summed E-state index contributed by atoms with van der Waals surface area (Å²) in [5.41, 5.74) is 1.50. The van der Waals surface area contributed by atoms with Crippen LogP contribution in [0, 0.1) is 0 Å².